The third-order valence-electron chi connectivity index (χ3n) is 13.8. The van der Waals surface area contributed by atoms with Gasteiger partial charge in [-0.15, -0.1) is 0 Å². The number of carbonyl (C=O) groups excluding carboxylic acids is 12. The van der Waals surface area contributed by atoms with Crippen LogP contribution >= 0.6 is 0 Å². The van der Waals surface area contributed by atoms with Gasteiger partial charge >= 0.3 is 5.97 Å². The number of primary amides is 3. The number of hydrogen-bond acceptors (Lipinski definition) is 17. The van der Waals surface area contributed by atoms with Gasteiger partial charge in [0.25, 0.3) is 0 Å². The van der Waals surface area contributed by atoms with E-state index in [4.69, 9.17) is 51.0 Å². The van der Waals surface area contributed by atoms with E-state index in [1.165, 1.54) is 38.1 Å². The van der Waals surface area contributed by atoms with Crippen LogP contribution in [0, 0.1) is 17.8 Å². The first kappa shape index (κ1) is 79.6. The molecule has 34 nitrogen and oxygen atoms in total. The summed E-state index contributed by atoms with van der Waals surface area (Å²) in [4.78, 5) is 182. The fraction of sp³-hybridized carbons (Fsp3) is 0.632. The molecule has 0 aliphatic heterocycles. The van der Waals surface area contributed by atoms with Crippen molar-refractivity contribution >= 4 is 88.8 Å². The molecular weight excluding hydrogens is 1190 g/mol. The maximum absolute atomic E-state index is 14.7. The molecule has 0 saturated heterocycles. The lowest BCUT2D eigenvalue weighted by molar-refractivity contribution is -0.141. The minimum atomic E-state index is -1.75. The number of aliphatic imine (C=N–C) groups is 2. The van der Waals surface area contributed by atoms with E-state index in [0.717, 1.165) is 0 Å². The predicted octanol–water partition coefficient (Wildman–Crippen LogP) is -5.23. The standard InChI is InChI=1S/C57H97N19O15/c1-29(2)25-40(46(61)82)74-54(90)41(26-30(3)4)75-51(87)35(11-7-8-22-58)70-50(86)37(13-10-24-67-57(64)65)71-55(91)42(28-33-14-16-34(77)17-15-33)76-53(89)39(19-21-44(60)79)73-52(88)38(18-20-43(59)78)72-49(85)36(12-9-23-66-56(62)63)69-48(84)32(6)68-47(83)31(5)27-45(80)81/h14-17,29-32,35-42,77H,7-13,18-28,58H2,1-6H3,(H2,59,78)(H2,60,79)(H2,61,82)(H,68,83)(H,69,84)(H,70,86)(H,71,91)(H,72,85)(H,73,88)(H,74,90)(H,75,87)(H,76,89)(H,80,81)(H4,62,63,66)(H4,64,65,67)/t31-,32-,35-,36-,37-,38-,39-,40-,41-,42-/m0/s1. The zero-order valence-corrected chi connectivity index (χ0v) is 52.7. The SMILES string of the molecule is CC(C)C[C@H](NC(=O)[C@H](CC(C)C)NC(=O)[C@H](CCCCN)NC(=O)[C@H](CCCN=C(N)N)NC(=O)[C@H](Cc1ccc(O)cc1)NC(=O)[C@H](CCC(N)=O)NC(=O)[C@H](CCC(N)=O)NC(=O)[C@H](CCCN=C(N)N)NC(=O)[C@H](C)NC(=O)[C@@H](C)CC(=O)O)C(N)=O. The lowest BCUT2D eigenvalue weighted by Crippen LogP contribution is -2.61. The van der Waals surface area contributed by atoms with Crippen LogP contribution in [0.1, 0.15) is 137 Å². The molecule has 1 aromatic rings. The molecule has 27 N–H and O–H groups in total. The van der Waals surface area contributed by atoms with Crippen LogP contribution in [0.2, 0.25) is 0 Å². The van der Waals surface area contributed by atoms with Crippen molar-refractivity contribution < 1.29 is 72.5 Å². The number of amides is 12. The maximum Gasteiger partial charge on any atom is 0.304 e. The number of rotatable bonds is 45. The zero-order valence-electron chi connectivity index (χ0n) is 52.7. The number of nitrogens with two attached hydrogens (primary N) is 8. The number of hydrogen-bond donors (Lipinski definition) is 19. The minimum absolute atomic E-state index is 0.00198. The number of phenolic OH excluding ortho intramolecular Hbond substituents is 1. The van der Waals surface area contributed by atoms with Gasteiger partial charge in [-0.2, -0.15) is 0 Å². The van der Waals surface area contributed by atoms with Crippen LogP contribution in [0.15, 0.2) is 34.3 Å². The number of carbonyl (C=O) groups is 13. The molecule has 0 aliphatic rings. The van der Waals surface area contributed by atoms with E-state index >= 15 is 0 Å². The highest BCUT2D eigenvalue weighted by Gasteiger charge is 2.36. The Balaban J connectivity index is 3.86. The molecule has 34 heteroatoms. The highest BCUT2D eigenvalue weighted by atomic mass is 16.4. The molecule has 510 valence electrons. The first-order chi connectivity index (χ1) is 42.6. The zero-order chi connectivity index (χ0) is 69.1. The van der Waals surface area contributed by atoms with E-state index in [1.54, 1.807) is 13.8 Å². The molecule has 0 unspecified atom stereocenters. The second kappa shape index (κ2) is 41.8. The molecular formula is C57H97N19O15. The molecule has 0 fully saturated rings. The molecule has 0 radical (unpaired) electrons. The molecule has 91 heavy (non-hydrogen) atoms. The minimum Gasteiger partial charge on any atom is -0.508 e. The van der Waals surface area contributed by atoms with E-state index in [0.29, 0.717) is 18.4 Å². The van der Waals surface area contributed by atoms with Crippen molar-refractivity contribution in [2.75, 3.05) is 19.6 Å². The molecule has 0 aromatic heterocycles. The Kier molecular flexibility index (Phi) is 36.6. The van der Waals surface area contributed by atoms with Gasteiger partial charge in [0.1, 0.15) is 60.1 Å². The van der Waals surface area contributed by atoms with Gasteiger partial charge < -0.3 is 104 Å². The van der Waals surface area contributed by atoms with E-state index in [2.05, 4.69) is 57.8 Å². The van der Waals surface area contributed by atoms with Crippen LogP contribution in [-0.2, 0) is 68.7 Å². The number of carboxylic acids is 1. The molecule has 12 amide bonds. The highest BCUT2D eigenvalue weighted by molar-refractivity contribution is 5.99. The van der Waals surface area contributed by atoms with Crippen molar-refractivity contribution in [2.24, 2.45) is 73.6 Å². The van der Waals surface area contributed by atoms with E-state index in [1.807, 2.05) is 13.8 Å². The molecule has 0 aliphatic carbocycles. The first-order valence-corrected chi connectivity index (χ1v) is 30.0. The van der Waals surface area contributed by atoms with E-state index in [9.17, 15) is 67.4 Å². The van der Waals surface area contributed by atoms with Crippen LogP contribution in [0.25, 0.3) is 0 Å². The van der Waals surface area contributed by atoms with Crippen molar-refractivity contribution in [3.05, 3.63) is 29.8 Å². The Bertz CT molecular complexity index is 2690. The normalized spacial score (nSPS) is 14.3. The van der Waals surface area contributed by atoms with Gasteiger partial charge in [-0.25, -0.2) is 0 Å². The van der Waals surface area contributed by atoms with Crippen molar-refractivity contribution in [3.63, 3.8) is 0 Å². The summed E-state index contributed by atoms with van der Waals surface area (Å²) in [6.07, 6.45) is -2.24. The Hall–Kier alpha value is -9.37. The number of benzene rings is 1. The predicted molar refractivity (Wildman–Crippen MR) is 334 cm³/mol. The third-order valence-corrected chi connectivity index (χ3v) is 13.8. The van der Waals surface area contributed by atoms with Gasteiger partial charge in [-0.05, 0) is 114 Å². The Morgan fingerprint density at radius 1 is 0.429 bits per heavy atom. The molecule has 0 saturated carbocycles. The largest absolute Gasteiger partial charge is 0.508 e. The fourth-order valence-corrected chi connectivity index (χ4v) is 8.89. The monoisotopic (exact) mass is 1290 g/mol. The van der Waals surface area contributed by atoms with Crippen molar-refractivity contribution in [1.29, 1.82) is 0 Å². The number of nitrogens with one attached hydrogen (secondary N) is 9. The van der Waals surface area contributed by atoms with Gasteiger partial charge in [-0.3, -0.25) is 72.3 Å². The number of phenols is 1. The third kappa shape index (κ3) is 33.7. The summed E-state index contributed by atoms with van der Waals surface area (Å²) < 4.78 is 0. The molecule has 10 atom stereocenters. The van der Waals surface area contributed by atoms with Gasteiger partial charge in [0.15, 0.2) is 11.9 Å². The number of guanidine groups is 2. The van der Waals surface area contributed by atoms with Crippen LogP contribution < -0.4 is 93.7 Å². The van der Waals surface area contributed by atoms with Gasteiger partial charge in [0.2, 0.25) is 70.9 Å². The smallest absolute Gasteiger partial charge is 0.304 e. The number of unbranched alkanes of at least 4 members (excludes halogenated alkanes) is 1. The molecule has 0 spiro atoms. The first-order valence-electron chi connectivity index (χ1n) is 30.0. The van der Waals surface area contributed by atoms with Crippen LogP contribution in [0.3, 0.4) is 0 Å². The van der Waals surface area contributed by atoms with Gasteiger partial charge in [0.05, 0.1) is 6.42 Å². The van der Waals surface area contributed by atoms with Crippen LogP contribution in [0.5, 0.6) is 5.75 Å². The Labute approximate surface area is 528 Å². The van der Waals surface area contributed by atoms with E-state index in [-0.39, 0.29) is 101 Å². The summed E-state index contributed by atoms with van der Waals surface area (Å²) in [6, 6.07) is -7.62. The number of nitrogens with zero attached hydrogens (tertiary/aromatic N) is 2. The average molecular weight is 1290 g/mol. The lowest BCUT2D eigenvalue weighted by atomic mass is 9.99. The molecule has 1 aromatic carbocycles. The molecule has 0 heterocycles. The Morgan fingerprint density at radius 2 is 0.780 bits per heavy atom. The molecule has 1 rings (SSSR count). The van der Waals surface area contributed by atoms with Crippen LogP contribution in [-0.4, -0.2) is 173 Å². The average Bonchev–Trinajstić information content (AvgIpc) is 1.23. The van der Waals surface area contributed by atoms with Crippen molar-refractivity contribution in [3.8, 4) is 5.75 Å². The second-order valence-electron chi connectivity index (χ2n) is 22.9. The number of aliphatic carboxylic acids is 1. The summed E-state index contributed by atoms with van der Waals surface area (Å²) in [5.74, 6) is -14.3. The van der Waals surface area contributed by atoms with E-state index < -0.39 is 169 Å². The van der Waals surface area contributed by atoms with Crippen LogP contribution in [0.4, 0.5) is 0 Å². The topological polar surface area (TPSA) is 604 Å². The maximum atomic E-state index is 14.7. The highest BCUT2D eigenvalue weighted by Crippen LogP contribution is 2.15. The quantitative estimate of drug-likeness (QED) is 0.0165. The lowest BCUT2D eigenvalue weighted by Gasteiger charge is -2.28. The summed E-state index contributed by atoms with van der Waals surface area (Å²) in [5.41, 5.74) is 44.7. The summed E-state index contributed by atoms with van der Waals surface area (Å²) in [5, 5.41) is 42.1. The summed E-state index contributed by atoms with van der Waals surface area (Å²) in [7, 11) is 0. The molecule has 0 bridgehead atoms. The van der Waals surface area contributed by atoms with Gasteiger partial charge in [-0.1, -0.05) is 46.8 Å². The number of aromatic hydroxyl groups is 1. The number of carboxylic acid groups (broad SMARTS) is 1. The summed E-state index contributed by atoms with van der Waals surface area (Å²) in [6.45, 7) is 10.00. The fourth-order valence-electron chi connectivity index (χ4n) is 8.89. The van der Waals surface area contributed by atoms with Gasteiger partial charge in [0, 0.05) is 38.3 Å². The second-order valence-corrected chi connectivity index (χ2v) is 22.9. The van der Waals surface area contributed by atoms with Crippen molar-refractivity contribution in [1.82, 2.24) is 47.9 Å². The summed E-state index contributed by atoms with van der Waals surface area (Å²) >= 11 is 0. The Morgan fingerprint density at radius 3 is 1.16 bits per heavy atom. The van der Waals surface area contributed by atoms with Crippen molar-refractivity contribution in [2.45, 2.75) is 192 Å².